The molecule has 0 amide bonds. The zero-order chi connectivity index (χ0) is 9.68. The topological polar surface area (TPSA) is 21.3 Å². The highest BCUT2D eigenvalue weighted by atomic mass is 19.3. The van der Waals surface area contributed by atoms with Crippen LogP contribution in [0.2, 0.25) is 0 Å². The van der Waals surface area contributed by atoms with Crippen molar-refractivity contribution < 1.29 is 13.5 Å². The summed E-state index contributed by atoms with van der Waals surface area (Å²) in [6.07, 6.45) is 0.601. The van der Waals surface area contributed by atoms with Gasteiger partial charge in [-0.1, -0.05) is 6.92 Å². The lowest BCUT2D eigenvalue weighted by atomic mass is 9.89. The highest BCUT2D eigenvalue weighted by Gasteiger charge is 2.29. The number of alkyl halides is 2. The van der Waals surface area contributed by atoms with E-state index in [1.807, 2.05) is 0 Å². The van der Waals surface area contributed by atoms with E-state index in [2.05, 4.69) is 12.2 Å². The summed E-state index contributed by atoms with van der Waals surface area (Å²) in [4.78, 5) is 0. The van der Waals surface area contributed by atoms with Crippen LogP contribution in [0.25, 0.3) is 0 Å². The Kier molecular flexibility index (Phi) is 4.59. The van der Waals surface area contributed by atoms with Crippen molar-refractivity contribution in [3.05, 3.63) is 0 Å². The molecule has 78 valence electrons. The minimum absolute atomic E-state index is 0.0587. The first-order valence-corrected chi connectivity index (χ1v) is 4.85. The number of hydrogen-bond acceptors (Lipinski definition) is 2. The minimum Gasteiger partial charge on any atom is -0.372 e. The number of rotatable bonds is 6. The second-order valence-electron chi connectivity index (χ2n) is 3.47. The quantitative estimate of drug-likeness (QED) is 0.694. The van der Waals surface area contributed by atoms with Crippen LogP contribution in [0.3, 0.4) is 0 Å². The van der Waals surface area contributed by atoms with E-state index in [4.69, 9.17) is 4.74 Å². The molecule has 0 radical (unpaired) electrons. The van der Waals surface area contributed by atoms with Crippen molar-refractivity contribution in [3.8, 4) is 0 Å². The van der Waals surface area contributed by atoms with Crippen molar-refractivity contribution in [1.82, 2.24) is 5.32 Å². The van der Waals surface area contributed by atoms with Crippen LogP contribution in [-0.2, 0) is 4.74 Å². The van der Waals surface area contributed by atoms with Gasteiger partial charge in [-0.15, -0.1) is 0 Å². The molecule has 1 fully saturated rings. The van der Waals surface area contributed by atoms with Gasteiger partial charge in [0.1, 0.15) is 6.61 Å². The van der Waals surface area contributed by atoms with E-state index < -0.39 is 13.0 Å². The van der Waals surface area contributed by atoms with Crippen molar-refractivity contribution in [2.45, 2.75) is 44.8 Å². The van der Waals surface area contributed by atoms with E-state index in [1.165, 1.54) is 0 Å². The van der Waals surface area contributed by atoms with Crippen molar-refractivity contribution in [3.63, 3.8) is 0 Å². The fourth-order valence-corrected chi connectivity index (χ4v) is 1.43. The SMILES string of the molecule is CCCNC1CC(OCC(F)F)C1. The first kappa shape index (κ1) is 10.9. The van der Waals surface area contributed by atoms with E-state index in [-0.39, 0.29) is 6.10 Å². The van der Waals surface area contributed by atoms with Gasteiger partial charge < -0.3 is 10.1 Å². The average Bonchev–Trinajstić information content (AvgIpc) is 2.00. The van der Waals surface area contributed by atoms with Crippen LogP contribution in [-0.4, -0.2) is 31.7 Å². The molecule has 0 spiro atoms. The zero-order valence-electron chi connectivity index (χ0n) is 7.93. The van der Waals surface area contributed by atoms with E-state index in [0.29, 0.717) is 6.04 Å². The Morgan fingerprint density at radius 3 is 2.69 bits per heavy atom. The molecular weight excluding hydrogens is 176 g/mol. The van der Waals surface area contributed by atoms with Crippen LogP contribution in [0.1, 0.15) is 26.2 Å². The van der Waals surface area contributed by atoms with E-state index in [9.17, 15) is 8.78 Å². The molecule has 1 rings (SSSR count). The second kappa shape index (κ2) is 5.50. The molecule has 1 aliphatic rings. The van der Waals surface area contributed by atoms with Crippen molar-refractivity contribution >= 4 is 0 Å². The van der Waals surface area contributed by atoms with Gasteiger partial charge in [-0.05, 0) is 25.8 Å². The summed E-state index contributed by atoms with van der Waals surface area (Å²) in [5, 5.41) is 3.32. The molecule has 0 unspecified atom stereocenters. The maximum atomic E-state index is 11.7. The van der Waals surface area contributed by atoms with Crippen LogP contribution in [0.4, 0.5) is 8.78 Å². The molecule has 0 bridgehead atoms. The lowest BCUT2D eigenvalue weighted by Gasteiger charge is -2.35. The summed E-state index contributed by atoms with van der Waals surface area (Å²) in [6, 6.07) is 0.489. The molecule has 0 aromatic rings. The fraction of sp³-hybridized carbons (Fsp3) is 1.00. The van der Waals surface area contributed by atoms with Crippen LogP contribution in [0, 0.1) is 0 Å². The number of nitrogens with one attached hydrogen (secondary N) is 1. The first-order chi connectivity index (χ1) is 6.22. The lowest BCUT2D eigenvalue weighted by molar-refractivity contribution is -0.0639. The normalized spacial score (nSPS) is 27.7. The van der Waals surface area contributed by atoms with Gasteiger partial charge in [-0.3, -0.25) is 0 Å². The monoisotopic (exact) mass is 193 g/mol. The van der Waals surface area contributed by atoms with Gasteiger partial charge in [0.2, 0.25) is 0 Å². The molecule has 13 heavy (non-hydrogen) atoms. The molecule has 2 nitrogen and oxygen atoms in total. The molecular formula is C9H17F2NO. The summed E-state index contributed by atoms with van der Waals surface area (Å²) in [5.74, 6) is 0. The van der Waals surface area contributed by atoms with Gasteiger partial charge in [-0.2, -0.15) is 0 Å². The Bertz CT molecular complexity index is 138. The summed E-state index contributed by atoms with van der Waals surface area (Å²) < 4.78 is 28.4. The van der Waals surface area contributed by atoms with Gasteiger partial charge in [0, 0.05) is 6.04 Å². The summed E-state index contributed by atoms with van der Waals surface area (Å²) in [5.41, 5.74) is 0. The van der Waals surface area contributed by atoms with Crippen LogP contribution in [0.5, 0.6) is 0 Å². The molecule has 0 atom stereocenters. The Labute approximate surface area is 77.6 Å². The predicted octanol–water partition coefficient (Wildman–Crippen LogP) is 1.80. The lowest BCUT2D eigenvalue weighted by Crippen LogP contribution is -2.46. The van der Waals surface area contributed by atoms with Crippen LogP contribution in [0.15, 0.2) is 0 Å². The first-order valence-electron chi connectivity index (χ1n) is 4.85. The number of hydrogen-bond donors (Lipinski definition) is 1. The molecule has 1 saturated carbocycles. The van der Waals surface area contributed by atoms with Crippen LogP contribution >= 0.6 is 0 Å². The summed E-state index contributed by atoms with van der Waals surface area (Å²) in [6.45, 7) is 2.70. The Hall–Kier alpha value is -0.220. The summed E-state index contributed by atoms with van der Waals surface area (Å²) in [7, 11) is 0. The maximum Gasteiger partial charge on any atom is 0.261 e. The molecule has 1 N–H and O–H groups in total. The maximum absolute atomic E-state index is 11.7. The summed E-state index contributed by atoms with van der Waals surface area (Å²) >= 11 is 0. The third-order valence-corrected chi connectivity index (χ3v) is 2.24. The largest absolute Gasteiger partial charge is 0.372 e. The molecule has 0 aromatic heterocycles. The van der Waals surface area contributed by atoms with E-state index >= 15 is 0 Å². The zero-order valence-corrected chi connectivity index (χ0v) is 7.93. The van der Waals surface area contributed by atoms with Gasteiger partial charge in [-0.25, -0.2) is 8.78 Å². The Morgan fingerprint density at radius 2 is 2.15 bits per heavy atom. The average molecular weight is 193 g/mol. The molecule has 1 aliphatic carbocycles. The van der Waals surface area contributed by atoms with E-state index in [1.54, 1.807) is 0 Å². The van der Waals surface area contributed by atoms with Crippen LogP contribution < -0.4 is 5.32 Å². The molecule has 0 aliphatic heterocycles. The third kappa shape index (κ3) is 4.00. The fourth-order valence-electron chi connectivity index (χ4n) is 1.43. The van der Waals surface area contributed by atoms with Crippen molar-refractivity contribution in [2.24, 2.45) is 0 Å². The number of halogens is 2. The smallest absolute Gasteiger partial charge is 0.261 e. The minimum atomic E-state index is -2.33. The number of ether oxygens (including phenoxy) is 1. The molecule has 0 aromatic carbocycles. The van der Waals surface area contributed by atoms with E-state index in [0.717, 1.165) is 25.8 Å². The Balaban J connectivity index is 1.92. The molecule has 4 heteroatoms. The highest BCUT2D eigenvalue weighted by Crippen LogP contribution is 2.23. The molecule has 0 saturated heterocycles. The second-order valence-corrected chi connectivity index (χ2v) is 3.47. The highest BCUT2D eigenvalue weighted by molar-refractivity contribution is 4.85. The van der Waals surface area contributed by atoms with Crippen molar-refractivity contribution in [2.75, 3.05) is 13.2 Å². The van der Waals surface area contributed by atoms with Gasteiger partial charge in [0.15, 0.2) is 0 Å². The standard InChI is InChI=1S/C9H17F2NO/c1-2-3-12-7-4-8(5-7)13-6-9(10)11/h7-9,12H,2-6H2,1H3. The van der Waals surface area contributed by atoms with Gasteiger partial charge >= 0.3 is 0 Å². The molecule has 0 heterocycles. The van der Waals surface area contributed by atoms with Gasteiger partial charge in [0.05, 0.1) is 6.10 Å². The van der Waals surface area contributed by atoms with Gasteiger partial charge in [0.25, 0.3) is 6.43 Å². The van der Waals surface area contributed by atoms with Crippen molar-refractivity contribution in [1.29, 1.82) is 0 Å². The third-order valence-electron chi connectivity index (χ3n) is 2.24. The Morgan fingerprint density at radius 1 is 1.46 bits per heavy atom. The predicted molar refractivity (Wildman–Crippen MR) is 47.1 cm³/mol.